The average molecular weight is 1120 g/mol. The molecule has 7 amide bonds. The van der Waals surface area contributed by atoms with Crippen molar-refractivity contribution in [3.63, 3.8) is 0 Å². The zero-order valence-electron chi connectivity index (χ0n) is 42.9. The zero-order valence-corrected chi connectivity index (χ0v) is 42.9. The van der Waals surface area contributed by atoms with E-state index >= 15 is 0 Å². The van der Waals surface area contributed by atoms with Crippen molar-refractivity contribution in [1.82, 2.24) is 117 Å². The number of nitrogens with one attached hydrogen (secondary N) is 15. The van der Waals surface area contributed by atoms with E-state index in [1.807, 2.05) is 0 Å². The van der Waals surface area contributed by atoms with E-state index in [-0.39, 0.29) is 51.4 Å². The number of carbonyl (C=O) groups excluding carboxylic acids is 7. The monoisotopic (exact) mass is 1110 g/mol. The smallest absolute Gasteiger partial charge is 0.326 e. The van der Waals surface area contributed by atoms with Crippen molar-refractivity contribution < 1.29 is 43.5 Å². The summed E-state index contributed by atoms with van der Waals surface area (Å²) in [5.41, 5.74) is 9.06. The van der Waals surface area contributed by atoms with Crippen molar-refractivity contribution in [2.75, 3.05) is 0 Å². The van der Waals surface area contributed by atoms with Crippen molar-refractivity contribution >= 4 is 47.3 Å². The molecule has 8 aromatic rings. The fourth-order valence-electron chi connectivity index (χ4n) is 8.37. The Morgan fingerprint density at radius 2 is 0.481 bits per heavy atom. The van der Waals surface area contributed by atoms with Gasteiger partial charge in [0.25, 0.3) is 0 Å². The number of carbonyl (C=O) groups is 8. The van der Waals surface area contributed by atoms with E-state index in [9.17, 15) is 43.5 Å². The van der Waals surface area contributed by atoms with E-state index in [1.54, 1.807) is 6.20 Å². The Bertz CT molecular complexity index is 3220. The van der Waals surface area contributed by atoms with Crippen molar-refractivity contribution in [1.29, 1.82) is 0 Å². The minimum atomic E-state index is -1.51. The highest BCUT2D eigenvalue weighted by molar-refractivity contribution is 5.98. The van der Waals surface area contributed by atoms with Crippen molar-refractivity contribution in [3.05, 3.63) is 146 Å². The molecule has 8 heterocycles. The van der Waals surface area contributed by atoms with Crippen LogP contribution >= 0.6 is 0 Å². The molecule has 0 aliphatic rings. The fraction of sp³-hybridized carbons (Fsp3) is 0.333. The molecule has 18 N–H and O–H groups in total. The highest BCUT2D eigenvalue weighted by Gasteiger charge is 2.36. The van der Waals surface area contributed by atoms with E-state index in [1.165, 1.54) is 94.0 Å². The summed E-state index contributed by atoms with van der Waals surface area (Å²) in [5.74, 6) is -7.36. The third-order valence-corrected chi connectivity index (χ3v) is 12.5. The molecule has 0 fully saturated rings. The minimum Gasteiger partial charge on any atom is -0.480 e. The number of aromatic nitrogens is 16. The largest absolute Gasteiger partial charge is 0.480 e. The fourth-order valence-corrected chi connectivity index (χ4v) is 8.37. The van der Waals surface area contributed by atoms with E-state index in [4.69, 9.17) is 5.73 Å². The first-order valence-corrected chi connectivity index (χ1v) is 25.1. The second kappa shape index (κ2) is 27.6. The molecular weight excluding hydrogens is 1060 g/mol. The number of carboxylic acids is 1. The molecule has 8 atom stereocenters. The number of nitrogens with two attached hydrogens (primary N) is 1. The van der Waals surface area contributed by atoms with Gasteiger partial charge in [-0.15, -0.1) is 0 Å². The van der Waals surface area contributed by atoms with Gasteiger partial charge in [-0.1, -0.05) is 0 Å². The predicted molar refractivity (Wildman–Crippen MR) is 277 cm³/mol. The standard InChI is InChI=1S/C48H58N24O9/c49-33(1-25-9-50-17-58-25)41(73)66-34(2-26-10-51-18-59-26)42(74)67-35(3-27-11-52-19-60-27)43(75)68-36(4-28-12-53-20-61-28)44(76)69-37(5-29-13-54-21-62-29)45(77)70-38(6-30-14-55-22-63-30)46(78)71-39(7-31-15-56-23-64-31)47(79)72-40(48(80)81)8-32-16-57-24-65-32/h9-24,33-40H,1-8,49H2,(H,50,58)(H,51,59)(H,52,60)(H,53,61)(H,54,62)(H,55,63)(H,56,64)(H,57,65)(H,66,73)(H,67,74)(H,68,75)(H,69,76)(H,70,77)(H,71,78)(H,72,79)(H,80,81)/t33-,34-,35-,36-,37-,38-,39-,40-/m0/s1. The number of hydrogen-bond donors (Lipinski definition) is 17. The van der Waals surface area contributed by atoms with Crippen LogP contribution < -0.4 is 43.0 Å². The summed E-state index contributed by atoms with van der Waals surface area (Å²) in [7, 11) is 0. The summed E-state index contributed by atoms with van der Waals surface area (Å²) < 4.78 is 0. The van der Waals surface area contributed by atoms with Crippen molar-refractivity contribution in [2.45, 2.75) is 99.7 Å². The minimum absolute atomic E-state index is 0.0429. The van der Waals surface area contributed by atoms with Crippen LogP contribution in [0.25, 0.3) is 0 Å². The molecule has 0 aromatic carbocycles. The number of hydrogen-bond acceptors (Lipinski definition) is 17. The summed E-state index contributed by atoms with van der Waals surface area (Å²) in [6.45, 7) is 0. The van der Waals surface area contributed by atoms with Gasteiger partial charge in [-0.3, -0.25) is 33.6 Å². The van der Waals surface area contributed by atoms with E-state index in [2.05, 4.69) is 117 Å². The van der Waals surface area contributed by atoms with Gasteiger partial charge in [0.2, 0.25) is 41.4 Å². The van der Waals surface area contributed by atoms with E-state index < -0.39 is 95.7 Å². The van der Waals surface area contributed by atoms with Gasteiger partial charge in [0.05, 0.1) is 102 Å². The Hall–Kier alpha value is -10.6. The lowest BCUT2D eigenvalue weighted by molar-refractivity contribution is -0.142. The lowest BCUT2D eigenvalue weighted by Crippen LogP contribution is -2.61. The topological polar surface area (TPSA) is 496 Å². The predicted octanol–water partition coefficient (Wildman–Crippen LogP) is -4.48. The highest BCUT2D eigenvalue weighted by Crippen LogP contribution is 2.11. The number of rotatable bonds is 31. The van der Waals surface area contributed by atoms with Crippen LogP contribution in [0.2, 0.25) is 0 Å². The van der Waals surface area contributed by atoms with Crippen LogP contribution in [0.5, 0.6) is 0 Å². The van der Waals surface area contributed by atoms with Crippen LogP contribution in [0.4, 0.5) is 0 Å². The molecule has 0 bridgehead atoms. The first-order chi connectivity index (χ1) is 39.2. The molecular formula is C48H58N24O9. The average Bonchev–Trinajstić information content (AvgIpc) is 4.29. The summed E-state index contributed by atoms with van der Waals surface area (Å²) in [4.78, 5) is 168. The number of aromatic amines is 8. The Morgan fingerprint density at radius 1 is 0.309 bits per heavy atom. The number of nitrogens with zero attached hydrogens (tertiary/aromatic N) is 8. The lowest BCUT2D eigenvalue weighted by Gasteiger charge is -2.27. The summed E-state index contributed by atoms with van der Waals surface area (Å²) in [5, 5.41) is 28.6. The van der Waals surface area contributed by atoms with Gasteiger partial charge in [-0.05, 0) is 0 Å². The first kappa shape index (κ1) is 56.6. The Labute approximate surface area is 457 Å². The van der Waals surface area contributed by atoms with Gasteiger partial charge in [0, 0.05) is 101 Å². The normalized spacial score (nSPS) is 14.2. The van der Waals surface area contributed by atoms with Crippen molar-refractivity contribution in [3.8, 4) is 0 Å². The van der Waals surface area contributed by atoms with Crippen LogP contribution in [0.1, 0.15) is 45.6 Å². The molecule has 0 aliphatic carbocycles. The molecule has 0 unspecified atom stereocenters. The maximum atomic E-state index is 14.7. The van der Waals surface area contributed by atoms with E-state index in [0.717, 1.165) is 0 Å². The molecule has 33 heteroatoms. The number of aliphatic carboxylic acids is 1. The van der Waals surface area contributed by atoms with Gasteiger partial charge < -0.3 is 87.9 Å². The summed E-state index contributed by atoms with van der Waals surface area (Å²) in [6, 6.07) is -11.3. The molecule has 33 nitrogen and oxygen atoms in total. The molecule has 81 heavy (non-hydrogen) atoms. The molecule has 0 radical (unpaired) electrons. The Morgan fingerprint density at radius 3 is 0.667 bits per heavy atom. The second-order valence-electron chi connectivity index (χ2n) is 18.5. The van der Waals surface area contributed by atoms with Gasteiger partial charge >= 0.3 is 5.97 Å². The zero-order chi connectivity index (χ0) is 57.1. The third kappa shape index (κ3) is 16.7. The SMILES string of the molecule is N[C@@H](Cc1c[nH]cn1)C(=O)N[C@@H](Cc1c[nH]cn1)C(=O)N[C@@H](Cc1c[nH]cn1)C(=O)N[C@@H](Cc1c[nH]cn1)C(=O)N[C@@H](Cc1c[nH]cn1)C(=O)N[C@@H](Cc1c[nH]cn1)C(=O)N[C@@H](Cc1c[nH]cn1)C(=O)N[C@@H](Cc1c[nH]cn1)C(=O)O. The van der Waals surface area contributed by atoms with Crippen molar-refractivity contribution in [2.24, 2.45) is 5.73 Å². The number of H-pyrrole nitrogens is 8. The van der Waals surface area contributed by atoms with Gasteiger partial charge in [0.15, 0.2) is 0 Å². The maximum absolute atomic E-state index is 14.7. The van der Waals surface area contributed by atoms with Gasteiger partial charge in [0.1, 0.15) is 42.3 Å². The molecule has 0 aliphatic heterocycles. The van der Waals surface area contributed by atoms with Crippen LogP contribution in [0.15, 0.2) is 100 Å². The van der Waals surface area contributed by atoms with Gasteiger partial charge in [-0.25, -0.2) is 44.7 Å². The Balaban J connectivity index is 1.02. The first-order valence-electron chi connectivity index (χ1n) is 25.1. The Kier molecular flexibility index (Phi) is 19.3. The second-order valence-corrected chi connectivity index (χ2v) is 18.5. The number of amides is 7. The molecule has 8 aromatic heterocycles. The van der Waals surface area contributed by atoms with Crippen LogP contribution in [0, 0.1) is 0 Å². The molecule has 0 saturated heterocycles. The third-order valence-electron chi connectivity index (χ3n) is 12.5. The molecule has 0 saturated carbocycles. The molecule has 424 valence electrons. The van der Waals surface area contributed by atoms with Crippen LogP contribution in [-0.4, -0.2) is 181 Å². The maximum Gasteiger partial charge on any atom is 0.326 e. The highest BCUT2D eigenvalue weighted by atomic mass is 16.4. The van der Waals surface area contributed by atoms with E-state index in [0.29, 0.717) is 45.6 Å². The quantitative estimate of drug-likeness (QED) is 0.0195. The lowest BCUT2D eigenvalue weighted by atomic mass is 10.0. The number of imidazole rings is 8. The summed E-state index contributed by atoms with van der Waals surface area (Å²) in [6.07, 6.45) is 21.5. The van der Waals surface area contributed by atoms with Crippen LogP contribution in [0.3, 0.4) is 0 Å². The van der Waals surface area contributed by atoms with Gasteiger partial charge in [-0.2, -0.15) is 0 Å². The molecule has 8 rings (SSSR count). The van der Waals surface area contributed by atoms with Crippen LogP contribution in [-0.2, 0) is 89.7 Å². The molecule has 0 spiro atoms. The summed E-state index contributed by atoms with van der Waals surface area (Å²) >= 11 is 0. The number of carboxylic acid groups (broad SMARTS) is 1.